The first-order valence-electron chi connectivity index (χ1n) is 6.12. The Morgan fingerprint density at radius 3 is 2.63 bits per heavy atom. The molecule has 0 saturated heterocycles. The highest BCUT2D eigenvalue weighted by Gasteiger charge is 2.12. The van der Waals surface area contributed by atoms with Crippen LogP contribution in [0, 0.1) is 0 Å². The predicted octanol–water partition coefficient (Wildman–Crippen LogP) is 1.12. The van der Waals surface area contributed by atoms with Gasteiger partial charge in [0.1, 0.15) is 0 Å². The van der Waals surface area contributed by atoms with Gasteiger partial charge in [-0.25, -0.2) is 4.72 Å². The summed E-state index contributed by atoms with van der Waals surface area (Å²) in [5.74, 6) is 0. The van der Waals surface area contributed by atoms with E-state index in [1.807, 2.05) is 19.2 Å². The van der Waals surface area contributed by atoms with E-state index in [9.17, 15) is 8.42 Å². The van der Waals surface area contributed by atoms with Crippen molar-refractivity contribution in [1.82, 2.24) is 13.6 Å². The molecule has 1 aromatic carbocycles. The van der Waals surface area contributed by atoms with Crippen LogP contribution in [0.5, 0.6) is 0 Å². The molecule has 0 aliphatic heterocycles. The van der Waals surface area contributed by atoms with Crippen LogP contribution in [-0.2, 0) is 23.7 Å². The van der Waals surface area contributed by atoms with Crippen LogP contribution in [0.1, 0.15) is 5.56 Å². The lowest BCUT2D eigenvalue weighted by Crippen LogP contribution is -2.36. The molecule has 2 aromatic rings. The topological polar surface area (TPSA) is 54.3 Å². The molecule has 1 N–H and O–H groups in total. The van der Waals surface area contributed by atoms with Crippen molar-refractivity contribution in [2.75, 3.05) is 20.6 Å². The molecule has 0 atom stereocenters. The Morgan fingerprint density at radius 1 is 1.26 bits per heavy atom. The molecule has 1 aromatic heterocycles. The predicted molar refractivity (Wildman–Crippen MR) is 77.2 cm³/mol. The van der Waals surface area contributed by atoms with E-state index in [0.717, 1.165) is 11.1 Å². The summed E-state index contributed by atoms with van der Waals surface area (Å²) < 4.78 is 29.0. The van der Waals surface area contributed by atoms with Crippen molar-refractivity contribution in [3.8, 4) is 0 Å². The van der Waals surface area contributed by atoms with E-state index in [1.165, 1.54) is 23.8 Å². The number of nitrogens with zero attached hydrogens (tertiary/aromatic N) is 2. The molecule has 0 bridgehead atoms. The number of aryl methyl sites for hydroxylation is 1. The van der Waals surface area contributed by atoms with E-state index in [2.05, 4.69) is 27.6 Å². The second-order valence-electron chi connectivity index (χ2n) is 4.71. The van der Waals surface area contributed by atoms with E-state index < -0.39 is 10.2 Å². The third-order valence-electron chi connectivity index (χ3n) is 3.14. The SMILES string of the molecule is CN(C)S(=O)(=O)NCCc1cn(C)c2ccccc12. The van der Waals surface area contributed by atoms with E-state index in [1.54, 1.807) is 0 Å². The second-order valence-corrected chi connectivity index (χ2v) is 6.68. The molecule has 0 amide bonds. The number of rotatable bonds is 5. The summed E-state index contributed by atoms with van der Waals surface area (Å²) in [6, 6.07) is 8.12. The number of hydrogen-bond acceptors (Lipinski definition) is 2. The first-order chi connectivity index (χ1) is 8.92. The van der Waals surface area contributed by atoms with Gasteiger partial charge in [0.15, 0.2) is 0 Å². The summed E-state index contributed by atoms with van der Waals surface area (Å²) in [4.78, 5) is 0. The number of hydrogen-bond donors (Lipinski definition) is 1. The van der Waals surface area contributed by atoms with Crippen molar-refractivity contribution >= 4 is 21.1 Å². The van der Waals surface area contributed by atoms with Crippen molar-refractivity contribution in [1.29, 1.82) is 0 Å². The summed E-state index contributed by atoms with van der Waals surface area (Å²) in [5, 5.41) is 1.18. The third-order valence-corrected chi connectivity index (χ3v) is 4.67. The monoisotopic (exact) mass is 281 g/mol. The number of fused-ring (bicyclic) bond motifs is 1. The molecule has 104 valence electrons. The Bertz CT molecular complexity index is 674. The highest BCUT2D eigenvalue weighted by Crippen LogP contribution is 2.20. The van der Waals surface area contributed by atoms with Gasteiger partial charge >= 0.3 is 0 Å². The van der Waals surface area contributed by atoms with Crippen LogP contribution in [0.2, 0.25) is 0 Å². The molecule has 0 aliphatic carbocycles. The second kappa shape index (κ2) is 5.32. The van der Waals surface area contributed by atoms with E-state index in [0.29, 0.717) is 13.0 Å². The van der Waals surface area contributed by atoms with Crippen molar-refractivity contribution in [2.45, 2.75) is 6.42 Å². The number of aromatic nitrogens is 1. The highest BCUT2D eigenvalue weighted by atomic mass is 32.2. The van der Waals surface area contributed by atoms with Crippen LogP contribution < -0.4 is 4.72 Å². The maximum atomic E-state index is 11.6. The van der Waals surface area contributed by atoms with Crippen molar-refractivity contribution in [3.05, 3.63) is 36.0 Å². The van der Waals surface area contributed by atoms with Crippen LogP contribution in [0.15, 0.2) is 30.5 Å². The van der Waals surface area contributed by atoms with Crippen LogP contribution in [0.3, 0.4) is 0 Å². The zero-order chi connectivity index (χ0) is 14.0. The van der Waals surface area contributed by atoms with Crippen LogP contribution >= 0.6 is 0 Å². The lowest BCUT2D eigenvalue weighted by Gasteiger charge is -2.11. The fourth-order valence-electron chi connectivity index (χ4n) is 2.07. The first kappa shape index (κ1) is 14.0. The van der Waals surface area contributed by atoms with Gasteiger partial charge < -0.3 is 4.57 Å². The van der Waals surface area contributed by atoms with Crippen molar-refractivity contribution < 1.29 is 8.42 Å². The van der Waals surface area contributed by atoms with Crippen LogP contribution in [0.25, 0.3) is 10.9 Å². The molecule has 0 saturated carbocycles. The average Bonchev–Trinajstić information content (AvgIpc) is 2.67. The van der Waals surface area contributed by atoms with E-state index in [-0.39, 0.29) is 0 Å². The quantitative estimate of drug-likeness (QED) is 0.893. The molecule has 19 heavy (non-hydrogen) atoms. The van der Waals surface area contributed by atoms with Gasteiger partial charge in [0, 0.05) is 44.8 Å². The van der Waals surface area contributed by atoms with Gasteiger partial charge in [-0.2, -0.15) is 12.7 Å². The van der Waals surface area contributed by atoms with Gasteiger partial charge in [-0.3, -0.25) is 0 Å². The fourth-order valence-corrected chi connectivity index (χ4v) is 2.69. The minimum absolute atomic E-state index is 0.397. The summed E-state index contributed by atoms with van der Waals surface area (Å²) in [7, 11) is 1.69. The van der Waals surface area contributed by atoms with Crippen LogP contribution in [-0.4, -0.2) is 37.9 Å². The van der Waals surface area contributed by atoms with E-state index in [4.69, 9.17) is 0 Å². The normalized spacial score (nSPS) is 12.4. The molecule has 0 aliphatic rings. The van der Waals surface area contributed by atoms with Gasteiger partial charge in [0.05, 0.1) is 0 Å². The molecule has 1 heterocycles. The maximum Gasteiger partial charge on any atom is 0.278 e. The number of benzene rings is 1. The highest BCUT2D eigenvalue weighted by molar-refractivity contribution is 7.87. The molecule has 6 heteroatoms. The Hall–Kier alpha value is -1.37. The summed E-state index contributed by atoms with van der Waals surface area (Å²) >= 11 is 0. The van der Waals surface area contributed by atoms with Gasteiger partial charge in [-0.15, -0.1) is 0 Å². The standard InChI is InChI=1S/C13H19N3O2S/c1-15(2)19(17,18)14-9-8-11-10-16(3)13-7-5-4-6-12(11)13/h4-7,10,14H,8-9H2,1-3H3. The third kappa shape index (κ3) is 2.97. The molecule has 0 unspecified atom stereocenters. The first-order valence-corrected chi connectivity index (χ1v) is 7.56. The molecular weight excluding hydrogens is 262 g/mol. The van der Waals surface area contributed by atoms with Crippen LogP contribution in [0.4, 0.5) is 0 Å². The number of para-hydroxylation sites is 1. The molecular formula is C13H19N3O2S. The Labute approximate surface area is 114 Å². The Kier molecular flexibility index (Phi) is 3.93. The summed E-state index contributed by atoms with van der Waals surface area (Å²) in [6.45, 7) is 0.397. The lowest BCUT2D eigenvalue weighted by atomic mass is 10.1. The van der Waals surface area contributed by atoms with Crippen molar-refractivity contribution in [2.24, 2.45) is 7.05 Å². The lowest BCUT2D eigenvalue weighted by molar-refractivity contribution is 0.506. The molecule has 0 fully saturated rings. The van der Waals surface area contributed by atoms with Gasteiger partial charge in [-0.1, -0.05) is 18.2 Å². The zero-order valence-electron chi connectivity index (χ0n) is 11.4. The largest absolute Gasteiger partial charge is 0.350 e. The van der Waals surface area contributed by atoms with E-state index >= 15 is 0 Å². The molecule has 2 rings (SSSR count). The smallest absolute Gasteiger partial charge is 0.278 e. The number of nitrogens with one attached hydrogen (secondary N) is 1. The van der Waals surface area contributed by atoms with Gasteiger partial charge in [0.25, 0.3) is 10.2 Å². The van der Waals surface area contributed by atoms with Crippen molar-refractivity contribution in [3.63, 3.8) is 0 Å². The minimum atomic E-state index is -3.34. The zero-order valence-corrected chi connectivity index (χ0v) is 12.2. The maximum absolute atomic E-state index is 11.6. The Morgan fingerprint density at radius 2 is 1.95 bits per heavy atom. The summed E-state index contributed by atoms with van der Waals surface area (Å²) in [6.07, 6.45) is 2.73. The molecule has 0 spiro atoms. The molecule has 5 nitrogen and oxygen atoms in total. The fraction of sp³-hybridized carbons (Fsp3) is 0.385. The average molecular weight is 281 g/mol. The summed E-state index contributed by atoms with van der Waals surface area (Å²) in [5.41, 5.74) is 2.31. The van der Waals surface area contributed by atoms with Gasteiger partial charge in [-0.05, 0) is 18.1 Å². The Balaban J connectivity index is 2.11. The van der Waals surface area contributed by atoms with Gasteiger partial charge in [0.2, 0.25) is 0 Å². The minimum Gasteiger partial charge on any atom is -0.350 e. The molecule has 0 radical (unpaired) electrons.